The van der Waals surface area contributed by atoms with E-state index in [1.165, 1.54) is 0 Å². The van der Waals surface area contributed by atoms with Crippen molar-refractivity contribution in [2.45, 2.75) is 40.4 Å². The molecule has 2 heterocycles. The van der Waals surface area contributed by atoms with E-state index in [9.17, 15) is 0 Å². The fourth-order valence-corrected chi connectivity index (χ4v) is 3.99. The normalized spacial score (nSPS) is 15.3. The number of hydrogen-bond acceptors (Lipinski definition) is 5. The van der Waals surface area contributed by atoms with Gasteiger partial charge in [-0.2, -0.15) is 0 Å². The number of piperazine rings is 1. The van der Waals surface area contributed by atoms with Crippen molar-refractivity contribution >= 4 is 5.96 Å². The Morgan fingerprint density at radius 2 is 1.94 bits per heavy atom. The van der Waals surface area contributed by atoms with Gasteiger partial charge in [-0.15, -0.1) is 0 Å². The van der Waals surface area contributed by atoms with Crippen LogP contribution in [-0.2, 0) is 19.6 Å². The summed E-state index contributed by atoms with van der Waals surface area (Å²) in [6.45, 7) is 13.6. The van der Waals surface area contributed by atoms with E-state index in [1.54, 1.807) is 14.2 Å². The SMILES string of the molecule is CCNC(=NCc1nccn1CC(C)C)N1CCN(Cc2cc(OC)ccc2OC)CC1. The maximum atomic E-state index is 5.55. The lowest BCUT2D eigenvalue weighted by Crippen LogP contribution is -2.52. The molecule has 0 atom stereocenters. The van der Waals surface area contributed by atoms with E-state index in [0.29, 0.717) is 12.5 Å². The molecule has 8 heteroatoms. The number of aliphatic imine (C=N–C) groups is 1. The van der Waals surface area contributed by atoms with Crippen molar-refractivity contribution in [3.05, 3.63) is 42.0 Å². The summed E-state index contributed by atoms with van der Waals surface area (Å²) in [4.78, 5) is 14.2. The highest BCUT2D eigenvalue weighted by molar-refractivity contribution is 5.80. The quantitative estimate of drug-likeness (QED) is 0.476. The van der Waals surface area contributed by atoms with Crippen molar-refractivity contribution in [3.8, 4) is 11.5 Å². The molecular formula is C24H38N6O2. The third-order valence-corrected chi connectivity index (χ3v) is 5.62. The first kappa shape index (κ1) is 23.9. The number of hydrogen-bond donors (Lipinski definition) is 1. The van der Waals surface area contributed by atoms with Gasteiger partial charge >= 0.3 is 0 Å². The van der Waals surface area contributed by atoms with E-state index in [2.05, 4.69) is 51.5 Å². The average Bonchev–Trinajstić information content (AvgIpc) is 3.23. The van der Waals surface area contributed by atoms with Crippen LogP contribution in [0.1, 0.15) is 32.2 Å². The lowest BCUT2D eigenvalue weighted by molar-refractivity contribution is 0.171. The molecule has 0 unspecified atom stereocenters. The van der Waals surface area contributed by atoms with E-state index < -0.39 is 0 Å². The third-order valence-electron chi connectivity index (χ3n) is 5.62. The van der Waals surface area contributed by atoms with Gasteiger partial charge in [-0.05, 0) is 31.0 Å². The number of nitrogens with one attached hydrogen (secondary N) is 1. The molecule has 32 heavy (non-hydrogen) atoms. The monoisotopic (exact) mass is 442 g/mol. The standard InChI is InChI=1S/C24H38N6O2/c1-6-25-24(27-16-23-26-9-10-30(23)17-19(2)3)29-13-11-28(12-14-29)18-20-15-21(31-4)7-8-22(20)32-5/h7-10,15,19H,6,11-14,16-18H2,1-5H3,(H,25,27). The highest BCUT2D eigenvalue weighted by atomic mass is 16.5. The van der Waals surface area contributed by atoms with Gasteiger partial charge in [0.05, 0.1) is 14.2 Å². The number of imidazole rings is 1. The Kier molecular flexibility index (Phi) is 8.79. The molecule has 1 aliphatic heterocycles. The lowest BCUT2D eigenvalue weighted by Gasteiger charge is -2.36. The molecule has 176 valence electrons. The van der Waals surface area contributed by atoms with Gasteiger partial charge < -0.3 is 24.3 Å². The average molecular weight is 443 g/mol. The summed E-state index contributed by atoms with van der Waals surface area (Å²) < 4.78 is 13.1. The van der Waals surface area contributed by atoms with E-state index in [-0.39, 0.29) is 0 Å². The van der Waals surface area contributed by atoms with Crippen molar-refractivity contribution in [1.29, 1.82) is 0 Å². The van der Waals surface area contributed by atoms with Crippen LogP contribution in [0.4, 0.5) is 0 Å². The molecule has 1 aromatic carbocycles. The van der Waals surface area contributed by atoms with Gasteiger partial charge in [-0.3, -0.25) is 4.90 Å². The van der Waals surface area contributed by atoms with Gasteiger partial charge in [-0.1, -0.05) is 13.8 Å². The molecule has 0 aliphatic carbocycles. The molecule has 1 saturated heterocycles. The molecule has 0 bridgehead atoms. The van der Waals surface area contributed by atoms with Crippen molar-refractivity contribution in [2.75, 3.05) is 46.9 Å². The Bertz CT molecular complexity index is 871. The van der Waals surface area contributed by atoms with Crippen LogP contribution >= 0.6 is 0 Å². The molecule has 2 aromatic rings. The summed E-state index contributed by atoms with van der Waals surface area (Å²) >= 11 is 0. The summed E-state index contributed by atoms with van der Waals surface area (Å²) in [5.41, 5.74) is 1.15. The second-order valence-electron chi connectivity index (χ2n) is 8.50. The van der Waals surface area contributed by atoms with Gasteiger partial charge in [0.2, 0.25) is 0 Å². The molecule has 0 amide bonds. The van der Waals surface area contributed by atoms with Crippen molar-refractivity contribution in [2.24, 2.45) is 10.9 Å². The first-order valence-electron chi connectivity index (χ1n) is 11.5. The van der Waals surface area contributed by atoms with Gasteiger partial charge in [0, 0.05) is 63.8 Å². The van der Waals surface area contributed by atoms with E-state index in [4.69, 9.17) is 14.5 Å². The molecule has 1 fully saturated rings. The minimum absolute atomic E-state index is 0.580. The maximum Gasteiger partial charge on any atom is 0.194 e. The van der Waals surface area contributed by atoms with Gasteiger partial charge in [0.15, 0.2) is 5.96 Å². The first-order valence-corrected chi connectivity index (χ1v) is 11.5. The van der Waals surface area contributed by atoms with Crippen LogP contribution in [0.15, 0.2) is 35.6 Å². The largest absolute Gasteiger partial charge is 0.497 e. The molecule has 0 spiro atoms. The molecule has 0 saturated carbocycles. The Balaban J connectivity index is 1.61. The zero-order valence-corrected chi connectivity index (χ0v) is 20.2. The molecule has 1 N–H and O–H groups in total. The molecular weight excluding hydrogens is 404 g/mol. The van der Waals surface area contributed by atoms with Crippen LogP contribution < -0.4 is 14.8 Å². The van der Waals surface area contributed by atoms with Gasteiger partial charge in [-0.25, -0.2) is 9.98 Å². The molecule has 1 aromatic heterocycles. The summed E-state index contributed by atoms with van der Waals surface area (Å²) in [7, 11) is 3.41. The molecule has 0 radical (unpaired) electrons. The molecule has 1 aliphatic rings. The van der Waals surface area contributed by atoms with Crippen molar-refractivity contribution in [3.63, 3.8) is 0 Å². The zero-order valence-electron chi connectivity index (χ0n) is 20.2. The maximum absolute atomic E-state index is 5.55. The van der Waals surface area contributed by atoms with Crippen LogP contribution in [-0.4, -0.2) is 72.3 Å². The summed E-state index contributed by atoms with van der Waals surface area (Å²) in [6.07, 6.45) is 3.91. The van der Waals surface area contributed by atoms with Gasteiger partial charge in [0.1, 0.15) is 23.9 Å². The second-order valence-corrected chi connectivity index (χ2v) is 8.50. The predicted molar refractivity (Wildman–Crippen MR) is 128 cm³/mol. The second kappa shape index (κ2) is 11.8. The number of methoxy groups -OCH3 is 2. The number of ether oxygens (including phenoxy) is 2. The Hall–Kier alpha value is -2.74. The van der Waals surface area contributed by atoms with E-state index in [0.717, 1.165) is 74.7 Å². The number of benzene rings is 1. The molecule has 8 nitrogen and oxygen atoms in total. The predicted octanol–water partition coefficient (Wildman–Crippen LogP) is 2.84. The van der Waals surface area contributed by atoms with Crippen LogP contribution in [0.5, 0.6) is 11.5 Å². The minimum atomic E-state index is 0.580. The Morgan fingerprint density at radius 1 is 1.16 bits per heavy atom. The summed E-state index contributed by atoms with van der Waals surface area (Å²) in [5.74, 6) is 4.32. The van der Waals surface area contributed by atoms with Crippen LogP contribution in [0.25, 0.3) is 0 Å². The topological polar surface area (TPSA) is 67.2 Å². The van der Waals surface area contributed by atoms with Gasteiger partial charge in [0.25, 0.3) is 0 Å². The fraction of sp³-hybridized carbons (Fsp3) is 0.583. The highest BCUT2D eigenvalue weighted by Crippen LogP contribution is 2.25. The van der Waals surface area contributed by atoms with Crippen LogP contribution in [0, 0.1) is 5.92 Å². The fourth-order valence-electron chi connectivity index (χ4n) is 3.99. The Labute approximate surface area is 192 Å². The van der Waals surface area contributed by atoms with Crippen molar-refractivity contribution in [1.82, 2.24) is 24.7 Å². The van der Waals surface area contributed by atoms with Crippen LogP contribution in [0.2, 0.25) is 0 Å². The van der Waals surface area contributed by atoms with E-state index >= 15 is 0 Å². The van der Waals surface area contributed by atoms with Crippen LogP contribution in [0.3, 0.4) is 0 Å². The number of rotatable bonds is 9. The third kappa shape index (κ3) is 6.38. The minimum Gasteiger partial charge on any atom is -0.497 e. The number of guanidine groups is 1. The lowest BCUT2D eigenvalue weighted by atomic mass is 10.1. The zero-order chi connectivity index (χ0) is 22.9. The molecule has 3 rings (SSSR count). The summed E-state index contributed by atoms with van der Waals surface area (Å²) in [5, 5.41) is 3.46. The number of aromatic nitrogens is 2. The summed E-state index contributed by atoms with van der Waals surface area (Å²) in [6, 6.07) is 5.98. The van der Waals surface area contributed by atoms with E-state index in [1.807, 2.05) is 24.5 Å². The number of nitrogens with zero attached hydrogens (tertiary/aromatic N) is 5. The Morgan fingerprint density at radius 3 is 2.59 bits per heavy atom. The van der Waals surface area contributed by atoms with Crippen molar-refractivity contribution < 1.29 is 9.47 Å². The highest BCUT2D eigenvalue weighted by Gasteiger charge is 2.21. The first-order chi connectivity index (χ1) is 15.5. The smallest absolute Gasteiger partial charge is 0.194 e.